The number of methoxy groups -OCH3 is 1. The molecule has 0 spiro atoms. The summed E-state index contributed by atoms with van der Waals surface area (Å²) in [5, 5.41) is 2.93. The molecule has 0 aliphatic rings. The van der Waals surface area contributed by atoms with Crippen LogP contribution in [0.3, 0.4) is 0 Å². The number of urea groups is 1. The quantitative estimate of drug-likeness (QED) is 0.808. The highest BCUT2D eigenvalue weighted by Crippen LogP contribution is 2.30. The molecule has 0 heterocycles. The van der Waals surface area contributed by atoms with Gasteiger partial charge in [0.15, 0.2) is 11.5 Å². The molecule has 0 unspecified atom stereocenters. The van der Waals surface area contributed by atoms with Gasteiger partial charge in [0.05, 0.1) is 13.7 Å². The van der Waals surface area contributed by atoms with E-state index in [0.717, 1.165) is 5.56 Å². The van der Waals surface area contributed by atoms with Crippen LogP contribution in [0.4, 0.5) is 10.5 Å². The highest BCUT2D eigenvalue weighted by Gasteiger charge is 2.14. The minimum absolute atomic E-state index is 0.140. The summed E-state index contributed by atoms with van der Waals surface area (Å²) in [5.74, 6) is 1.26. The van der Waals surface area contributed by atoms with Crippen LogP contribution in [-0.4, -0.2) is 31.2 Å². The number of hydrogen-bond acceptors (Lipinski definition) is 3. The number of benzene rings is 2. The molecule has 134 valence electrons. The van der Waals surface area contributed by atoms with E-state index >= 15 is 0 Å². The average molecular weight is 342 g/mol. The van der Waals surface area contributed by atoms with Crippen molar-refractivity contribution in [3.05, 3.63) is 53.6 Å². The fourth-order valence-corrected chi connectivity index (χ4v) is 2.55. The third kappa shape index (κ3) is 4.89. The van der Waals surface area contributed by atoms with Crippen LogP contribution < -0.4 is 14.8 Å². The molecule has 2 amide bonds. The first kappa shape index (κ1) is 18.6. The van der Waals surface area contributed by atoms with E-state index in [-0.39, 0.29) is 6.03 Å². The Kier molecular flexibility index (Phi) is 6.69. The summed E-state index contributed by atoms with van der Waals surface area (Å²) < 4.78 is 10.8. The Bertz CT molecular complexity index is 716. The molecule has 0 aliphatic carbocycles. The molecule has 0 saturated heterocycles. The Balaban J connectivity index is 2.11. The van der Waals surface area contributed by atoms with Gasteiger partial charge in [0.2, 0.25) is 0 Å². The van der Waals surface area contributed by atoms with Gasteiger partial charge in [-0.05, 0) is 44.0 Å². The molecule has 0 saturated carbocycles. The number of amides is 2. The molecule has 25 heavy (non-hydrogen) atoms. The molecule has 0 aromatic heterocycles. The molecule has 2 aromatic rings. The maximum Gasteiger partial charge on any atom is 0.322 e. The maximum atomic E-state index is 12.6. The monoisotopic (exact) mass is 342 g/mol. The molecular weight excluding hydrogens is 316 g/mol. The summed E-state index contributed by atoms with van der Waals surface area (Å²) >= 11 is 0. The molecule has 2 aromatic carbocycles. The molecule has 5 nitrogen and oxygen atoms in total. The van der Waals surface area contributed by atoms with Crippen LogP contribution in [0, 0.1) is 6.92 Å². The number of ether oxygens (including phenoxy) is 2. The lowest BCUT2D eigenvalue weighted by atomic mass is 10.1. The van der Waals surface area contributed by atoms with Crippen molar-refractivity contribution in [3.63, 3.8) is 0 Å². The summed E-state index contributed by atoms with van der Waals surface area (Å²) in [4.78, 5) is 14.4. The zero-order valence-corrected chi connectivity index (χ0v) is 15.3. The van der Waals surface area contributed by atoms with Crippen molar-refractivity contribution in [1.29, 1.82) is 0 Å². The Labute approximate surface area is 149 Å². The van der Waals surface area contributed by atoms with Gasteiger partial charge in [-0.2, -0.15) is 0 Å². The van der Waals surface area contributed by atoms with Gasteiger partial charge in [-0.1, -0.05) is 24.3 Å². The van der Waals surface area contributed by atoms with E-state index in [9.17, 15) is 4.79 Å². The summed E-state index contributed by atoms with van der Waals surface area (Å²) in [6.45, 7) is 7.66. The van der Waals surface area contributed by atoms with Gasteiger partial charge in [-0.25, -0.2) is 4.79 Å². The molecule has 1 N–H and O–H groups in total. The summed E-state index contributed by atoms with van der Waals surface area (Å²) in [6, 6.07) is 13.3. The number of carbonyl (C=O) groups excluding carboxylic acids is 1. The fourth-order valence-electron chi connectivity index (χ4n) is 2.55. The van der Waals surface area contributed by atoms with Gasteiger partial charge in [0.1, 0.15) is 0 Å². The first-order valence-electron chi connectivity index (χ1n) is 8.50. The minimum Gasteiger partial charge on any atom is -0.493 e. The van der Waals surface area contributed by atoms with Gasteiger partial charge < -0.3 is 19.7 Å². The fraction of sp³-hybridized carbons (Fsp3) is 0.350. The topological polar surface area (TPSA) is 50.8 Å². The van der Waals surface area contributed by atoms with E-state index in [1.165, 1.54) is 5.56 Å². The Morgan fingerprint density at radius 2 is 1.88 bits per heavy atom. The standard InChI is InChI=1S/C20H26N2O3/c1-5-22(14-16-10-8-7-9-15(16)3)20(23)21-17-11-12-18(24-4)19(13-17)25-6-2/h7-13H,5-6,14H2,1-4H3,(H,21,23). The third-order valence-corrected chi connectivity index (χ3v) is 4.01. The smallest absolute Gasteiger partial charge is 0.322 e. The van der Waals surface area contributed by atoms with Gasteiger partial charge >= 0.3 is 6.03 Å². The lowest BCUT2D eigenvalue weighted by molar-refractivity contribution is 0.212. The second-order valence-electron chi connectivity index (χ2n) is 5.67. The van der Waals surface area contributed by atoms with Gasteiger partial charge in [0.25, 0.3) is 0 Å². The van der Waals surface area contributed by atoms with Gasteiger partial charge in [0, 0.05) is 24.8 Å². The first-order valence-corrected chi connectivity index (χ1v) is 8.50. The van der Waals surface area contributed by atoms with E-state index in [4.69, 9.17) is 9.47 Å². The van der Waals surface area contributed by atoms with Crippen molar-refractivity contribution >= 4 is 11.7 Å². The highest BCUT2D eigenvalue weighted by molar-refractivity contribution is 5.89. The second kappa shape index (κ2) is 8.97. The summed E-state index contributed by atoms with van der Waals surface area (Å²) in [7, 11) is 1.59. The van der Waals surface area contributed by atoms with Crippen molar-refractivity contribution < 1.29 is 14.3 Å². The van der Waals surface area contributed by atoms with E-state index < -0.39 is 0 Å². The predicted molar refractivity (Wildman–Crippen MR) is 100 cm³/mol. The Hall–Kier alpha value is -2.69. The van der Waals surface area contributed by atoms with Crippen LogP contribution in [0.5, 0.6) is 11.5 Å². The van der Waals surface area contributed by atoms with Crippen LogP contribution in [-0.2, 0) is 6.54 Å². The van der Waals surface area contributed by atoms with E-state index in [1.807, 2.05) is 32.0 Å². The number of nitrogens with zero attached hydrogens (tertiary/aromatic N) is 1. The van der Waals surface area contributed by atoms with Crippen molar-refractivity contribution in [2.75, 3.05) is 25.6 Å². The van der Waals surface area contributed by atoms with E-state index in [0.29, 0.717) is 36.9 Å². The number of rotatable bonds is 7. The second-order valence-corrected chi connectivity index (χ2v) is 5.67. The van der Waals surface area contributed by atoms with Crippen molar-refractivity contribution in [2.45, 2.75) is 27.3 Å². The number of nitrogens with one attached hydrogen (secondary N) is 1. The van der Waals surface area contributed by atoms with Gasteiger partial charge in [-0.3, -0.25) is 0 Å². The van der Waals surface area contributed by atoms with E-state index in [1.54, 1.807) is 30.2 Å². The zero-order chi connectivity index (χ0) is 18.2. The van der Waals surface area contributed by atoms with Gasteiger partial charge in [-0.15, -0.1) is 0 Å². The summed E-state index contributed by atoms with van der Waals surface area (Å²) in [6.07, 6.45) is 0. The third-order valence-electron chi connectivity index (χ3n) is 4.01. The molecule has 0 atom stereocenters. The van der Waals surface area contributed by atoms with Crippen molar-refractivity contribution in [3.8, 4) is 11.5 Å². The van der Waals surface area contributed by atoms with E-state index in [2.05, 4.69) is 18.3 Å². The van der Waals surface area contributed by atoms with Crippen LogP contribution >= 0.6 is 0 Å². The molecule has 0 radical (unpaired) electrons. The lowest BCUT2D eigenvalue weighted by Crippen LogP contribution is -2.34. The number of carbonyl (C=O) groups is 1. The largest absolute Gasteiger partial charge is 0.493 e. The first-order chi connectivity index (χ1) is 12.1. The maximum absolute atomic E-state index is 12.6. The molecule has 0 aliphatic heterocycles. The van der Waals surface area contributed by atoms with Crippen LogP contribution in [0.2, 0.25) is 0 Å². The molecular formula is C20H26N2O3. The number of aryl methyl sites for hydroxylation is 1. The minimum atomic E-state index is -0.140. The number of anilines is 1. The average Bonchev–Trinajstić information content (AvgIpc) is 2.61. The molecule has 5 heteroatoms. The lowest BCUT2D eigenvalue weighted by Gasteiger charge is -2.22. The van der Waals surface area contributed by atoms with Crippen molar-refractivity contribution in [1.82, 2.24) is 4.90 Å². The summed E-state index contributed by atoms with van der Waals surface area (Å²) in [5.41, 5.74) is 3.00. The zero-order valence-electron chi connectivity index (χ0n) is 15.3. The highest BCUT2D eigenvalue weighted by atomic mass is 16.5. The van der Waals surface area contributed by atoms with Crippen molar-refractivity contribution in [2.24, 2.45) is 0 Å². The predicted octanol–water partition coefficient (Wildman–Crippen LogP) is 4.46. The normalized spacial score (nSPS) is 10.2. The van der Waals surface area contributed by atoms with Crippen LogP contribution in [0.25, 0.3) is 0 Å². The Morgan fingerprint density at radius 1 is 1.12 bits per heavy atom. The number of hydrogen-bond donors (Lipinski definition) is 1. The van der Waals surface area contributed by atoms with Crippen LogP contribution in [0.15, 0.2) is 42.5 Å². The SMILES string of the molecule is CCOc1cc(NC(=O)N(CC)Cc2ccccc2C)ccc1OC. The molecule has 2 rings (SSSR count). The molecule has 0 bridgehead atoms. The molecule has 0 fully saturated rings. The van der Waals surface area contributed by atoms with Crippen LogP contribution in [0.1, 0.15) is 25.0 Å². The Morgan fingerprint density at radius 3 is 2.52 bits per heavy atom.